The molecule has 0 radical (unpaired) electrons. The van der Waals surface area contributed by atoms with Crippen LogP contribution >= 0.6 is 11.6 Å². The lowest BCUT2D eigenvalue weighted by Crippen LogP contribution is -2.37. The normalized spacial score (nSPS) is 14.1. The number of halogens is 1. The van der Waals surface area contributed by atoms with E-state index in [0.29, 0.717) is 32.1 Å². The van der Waals surface area contributed by atoms with Crippen molar-refractivity contribution >= 4 is 33.4 Å². The second-order valence-electron chi connectivity index (χ2n) is 9.96. The van der Waals surface area contributed by atoms with Crippen LogP contribution < -0.4 is 23.8 Å². The van der Waals surface area contributed by atoms with Crippen molar-refractivity contribution in [3.8, 4) is 23.1 Å². The predicted octanol–water partition coefficient (Wildman–Crippen LogP) is 4.24. The lowest BCUT2D eigenvalue weighted by atomic mass is 9.87. The monoisotopic (exact) mass is 592 g/mol. The number of nitrogens with one attached hydrogen (secondary N) is 1. The molecule has 1 aliphatic rings. The van der Waals surface area contributed by atoms with E-state index in [2.05, 4.69) is 14.7 Å². The van der Waals surface area contributed by atoms with Crippen LogP contribution in [0.1, 0.15) is 26.3 Å². The van der Waals surface area contributed by atoms with Crippen LogP contribution in [0, 0.1) is 0 Å². The van der Waals surface area contributed by atoms with Crippen LogP contribution in [-0.4, -0.2) is 70.1 Å². The van der Waals surface area contributed by atoms with Crippen molar-refractivity contribution in [1.29, 1.82) is 0 Å². The van der Waals surface area contributed by atoms with Crippen molar-refractivity contribution in [2.24, 2.45) is 0 Å². The van der Waals surface area contributed by atoms with Crippen LogP contribution in [-0.2, 0) is 20.2 Å². The third kappa shape index (κ3) is 7.05. The van der Waals surface area contributed by atoms with Gasteiger partial charge < -0.3 is 29.0 Å². The quantitative estimate of drug-likeness (QED) is 0.352. The first-order valence-corrected chi connectivity index (χ1v) is 14.5. The van der Waals surface area contributed by atoms with Crippen molar-refractivity contribution in [2.75, 3.05) is 56.2 Å². The molecule has 0 amide bonds. The number of methoxy groups -OCH3 is 1. The highest BCUT2D eigenvalue weighted by Crippen LogP contribution is 2.42. The number of aromatic nitrogens is 2. The molecule has 0 aliphatic carbocycles. The van der Waals surface area contributed by atoms with Crippen molar-refractivity contribution in [1.82, 2.24) is 9.97 Å². The number of aliphatic hydroxyl groups excluding tert-OH is 1. The maximum atomic E-state index is 13.6. The SMILES string of the molecule is COc1ccc(Cl)c(Oc2c(NS(=O)(=O)c3ccc(C(C)(C)C)cc3)nc(N3CCOCC3)nc2OCCO)c1. The molecule has 1 saturated heterocycles. The zero-order valence-corrected chi connectivity index (χ0v) is 24.4. The number of ether oxygens (including phenoxy) is 4. The molecule has 13 heteroatoms. The van der Waals surface area contributed by atoms with Gasteiger partial charge >= 0.3 is 0 Å². The van der Waals surface area contributed by atoms with Gasteiger partial charge in [0.25, 0.3) is 15.9 Å². The average molecular weight is 593 g/mol. The van der Waals surface area contributed by atoms with Gasteiger partial charge in [0, 0.05) is 19.2 Å². The Morgan fingerprint density at radius 3 is 2.42 bits per heavy atom. The van der Waals surface area contributed by atoms with E-state index in [1.165, 1.54) is 25.3 Å². The molecule has 216 valence electrons. The third-order valence-corrected chi connectivity index (χ3v) is 7.73. The zero-order chi connectivity index (χ0) is 28.9. The number of hydrogen-bond acceptors (Lipinski definition) is 10. The minimum Gasteiger partial charge on any atom is -0.497 e. The molecule has 3 aromatic rings. The predicted molar refractivity (Wildman–Crippen MR) is 152 cm³/mol. The molecule has 0 spiro atoms. The molecule has 1 aromatic heterocycles. The first-order chi connectivity index (χ1) is 19.0. The lowest BCUT2D eigenvalue weighted by Gasteiger charge is -2.28. The summed E-state index contributed by atoms with van der Waals surface area (Å²) in [6.07, 6.45) is 0. The molecule has 2 aromatic carbocycles. The van der Waals surface area contributed by atoms with Crippen molar-refractivity contribution in [3.63, 3.8) is 0 Å². The number of rotatable bonds is 10. The molecule has 11 nitrogen and oxygen atoms in total. The van der Waals surface area contributed by atoms with E-state index in [9.17, 15) is 13.5 Å². The summed E-state index contributed by atoms with van der Waals surface area (Å²) in [4.78, 5) is 10.9. The first-order valence-electron chi connectivity index (χ1n) is 12.6. The van der Waals surface area contributed by atoms with E-state index < -0.39 is 10.0 Å². The fourth-order valence-corrected chi connectivity index (χ4v) is 5.01. The largest absolute Gasteiger partial charge is 0.497 e. The highest BCUT2D eigenvalue weighted by molar-refractivity contribution is 7.92. The summed E-state index contributed by atoms with van der Waals surface area (Å²) in [6.45, 7) is 7.59. The van der Waals surface area contributed by atoms with Crippen LogP contribution in [0.15, 0.2) is 47.4 Å². The van der Waals surface area contributed by atoms with Gasteiger partial charge in [-0.05, 0) is 35.2 Å². The van der Waals surface area contributed by atoms with E-state index in [1.807, 2.05) is 25.7 Å². The summed E-state index contributed by atoms with van der Waals surface area (Å²) in [6, 6.07) is 11.4. The molecule has 1 fully saturated rings. The Labute approximate surface area is 239 Å². The number of aliphatic hydroxyl groups is 1. The van der Waals surface area contributed by atoms with Gasteiger partial charge in [-0.2, -0.15) is 9.97 Å². The van der Waals surface area contributed by atoms with Gasteiger partial charge in [-0.1, -0.05) is 44.5 Å². The molecule has 2 heterocycles. The molecule has 0 unspecified atom stereocenters. The Hall–Kier alpha value is -3.32. The number of hydrogen-bond donors (Lipinski definition) is 2. The van der Waals surface area contributed by atoms with Crippen LogP contribution in [0.5, 0.6) is 23.1 Å². The van der Waals surface area contributed by atoms with Gasteiger partial charge in [0.05, 0.1) is 36.8 Å². The maximum Gasteiger partial charge on any atom is 0.265 e. The van der Waals surface area contributed by atoms with Crippen LogP contribution in [0.25, 0.3) is 0 Å². The summed E-state index contributed by atoms with van der Waals surface area (Å²) in [5, 5.41) is 9.67. The molecule has 0 atom stereocenters. The fraction of sp³-hybridized carbons (Fsp3) is 0.407. The number of morpholine rings is 1. The minimum atomic E-state index is -4.12. The Morgan fingerprint density at radius 2 is 1.80 bits per heavy atom. The Bertz CT molecular complexity index is 1420. The number of nitrogens with zero attached hydrogens (tertiary/aromatic N) is 3. The van der Waals surface area contributed by atoms with Gasteiger partial charge in [-0.25, -0.2) is 8.42 Å². The van der Waals surface area contributed by atoms with E-state index in [-0.39, 0.29) is 57.7 Å². The highest BCUT2D eigenvalue weighted by atomic mass is 35.5. The summed E-state index contributed by atoms with van der Waals surface area (Å²) in [5.41, 5.74) is 0.838. The Kier molecular flexibility index (Phi) is 9.24. The second-order valence-corrected chi connectivity index (χ2v) is 12.0. The smallest absolute Gasteiger partial charge is 0.265 e. The fourth-order valence-electron chi connectivity index (χ4n) is 3.84. The standard InChI is InChI=1S/C27H33ClN4O7S/c1-27(2,3)18-5-8-20(9-6-18)40(34,35)31-24-23(39-22-17-19(36-4)7-10-21(22)28)25(38-16-13-33)30-26(29-24)32-11-14-37-15-12-32/h5-10,17,33H,11-16H2,1-4H3,(H,29,30,31). The molecule has 0 saturated carbocycles. The Balaban J connectivity index is 1.82. The van der Waals surface area contributed by atoms with Gasteiger partial charge in [0.2, 0.25) is 11.7 Å². The van der Waals surface area contributed by atoms with Gasteiger partial charge in [-0.15, -0.1) is 0 Å². The zero-order valence-electron chi connectivity index (χ0n) is 22.8. The minimum absolute atomic E-state index is 0.0372. The van der Waals surface area contributed by atoms with Crippen molar-refractivity contribution in [3.05, 3.63) is 53.1 Å². The summed E-state index contributed by atoms with van der Waals surface area (Å²) < 4.78 is 52.2. The molecule has 0 bridgehead atoms. The third-order valence-electron chi connectivity index (χ3n) is 6.06. The van der Waals surface area contributed by atoms with Crippen LogP contribution in [0.3, 0.4) is 0 Å². The maximum absolute atomic E-state index is 13.6. The van der Waals surface area contributed by atoms with Gasteiger partial charge in [0.1, 0.15) is 18.1 Å². The number of sulfonamides is 1. The lowest BCUT2D eigenvalue weighted by molar-refractivity contribution is 0.122. The van der Waals surface area contributed by atoms with E-state index in [0.717, 1.165) is 5.56 Å². The van der Waals surface area contributed by atoms with E-state index >= 15 is 0 Å². The molecule has 4 rings (SSSR count). The van der Waals surface area contributed by atoms with Crippen LogP contribution in [0.4, 0.5) is 11.8 Å². The topological polar surface area (TPSA) is 132 Å². The number of benzene rings is 2. The molecule has 1 aliphatic heterocycles. The molecule has 2 N–H and O–H groups in total. The van der Waals surface area contributed by atoms with Crippen molar-refractivity contribution < 1.29 is 32.5 Å². The average Bonchev–Trinajstić information content (AvgIpc) is 2.94. The van der Waals surface area contributed by atoms with E-state index in [1.54, 1.807) is 24.3 Å². The van der Waals surface area contributed by atoms with Crippen LogP contribution in [0.2, 0.25) is 5.02 Å². The van der Waals surface area contributed by atoms with Gasteiger partial charge in [-0.3, -0.25) is 4.72 Å². The molecular weight excluding hydrogens is 560 g/mol. The molecule has 40 heavy (non-hydrogen) atoms. The first kappa shape index (κ1) is 29.7. The van der Waals surface area contributed by atoms with Gasteiger partial charge in [0.15, 0.2) is 5.82 Å². The van der Waals surface area contributed by atoms with E-state index in [4.69, 9.17) is 30.5 Å². The Morgan fingerprint density at radius 1 is 1.10 bits per heavy atom. The highest BCUT2D eigenvalue weighted by Gasteiger charge is 2.27. The summed E-state index contributed by atoms with van der Waals surface area (Å²) in [7, 11) is -2.63. The summed E-state index contributed by atoms with van der Waals surface area (Å²) >= 11 is 6.38. The second kappa shape index (κ2) is 12.5. The van der Waals surface area contributed by atoms with Crippen molar-refractivity contribution in [2.45, 2.75) is 31.1 Å². The summed E-state index contributed by atoms with van der Waals surface area (Å²) in [5.74, 6) is 0.460. The molecular formula is C27H33ClN4O7S. The number of anilines is 2.